The molecule has 1 unspecified atom stereocenters. The largest absolute Gasteiger partial charge is 0.473 e. The van der Waals surface area contributed by atoms with Crippen LogP contribution in [-0.2, 0) is 13.6 Å². The van der Waals surface area contributed by atoms with Crippen LogP contribution in [0.25, 0.3) is 0 Å². The molecule has 0 fully saturated rings. The van der Waals surface area contributed by atoms with Crippen LogP contribution in [0.3, 0.4) is 0 Å². The molecule has 0 saturated carbocycles. The quantitative estimate of drug-likeness (QED) is 0.325. The van der Waals surface area contributed by atoms with E-state index in [1.165, 1.54) is 13.8 Å². The molecule has 0 aliphatic carbocycles. The Kier molecular flexibility index (Phi) is 6.62. The summed E-state index contributed by atoms with van der Waals surface area (Å²) >= 11 is 0. The second-order valence-corrected chi connectivity index (χ2v) is 5.14. The predicted molar refractivity (Wildman–Crippen MR) is 63.8 cm³/mol. The van der Waals surface area contributed by atoms with E-state index in [9.17, 15) is 9.46 Å². The first kappa shape index (κ1) is 15.4. The summed E-state index contributed by atoms with van der Waals surface area (Å²) in [5.74, 6) is 2.26. The summed E-state index contributed by atoms with van der Waals surface area (Å²) in [6.07, 6.45) is 10.5. The number of rotatable bonds is 7. The number of unbranched alkanes of at least 4 members (excludes halogenated alkanes) is 1. The van der Waals surface area contributed by atoms with Crippen LogP contribution < -0.4 is 0 Å². The van der Waals surface area contributed by atoms with Crippen LogP contribution in [0.15, 0.2) is 12.2 Å². The molecule has 16 heavy (non-hydrogen) atoms. The van der Waals surface area contributed by atoms with Crippen molar-refractivity contribution in [3.63, 3.8) is 0 Å². The third kappa shape index (κ3) is 7.67. The van der Waals surface area contributed by atoms with Gasteiger partial charge in [-0.1, -0.05) is 18.1 Å². The lowest BCUT2D eigenvalue weighted by Crippen LogP contribution is -2.20. The Labute approximate surface area is 97.3 Å². The van der Waals surface area contributed by atoms with Gasteiger partial charge in [-0.2, -0.15) is 0 Å². The van der Waals surface area contributed by atoms with Gasteiger partial charge in [-0.3, -0.25) is 9.05 Å². The molecule has 0 spiro atoms. The van der Waals surface area contributed by atoms with Crippen molar-refractivity contribution in [2.75, 3.05) is 6.61 Å². The number of hydrogen-bond acceptors (Lipinski definition) is 3. The molecule has 0 aliphatic rings. The van der Waals surface area contributed by atoms with Crippen LogP contribution in [0.2, 0.25) is 0 Å². The van der Waals surface area contributed by atoms with Crippen molar-refractivity contribution in [1.82, 2.24) is 0 Å². The van der Waals surface area contributed by atoms with Gasteiger partial charge < -0.3 is 4.89 Å². The van der Waals surface area contributed by atoms with Crippen molar-refractivity contribution >= 4 is 7.82 Å². The highest BCUT2D eigenvalue weighted by atomic mass is 31.2. The Morgan fingerprint density at radius 2 is 2.19 bits per heavy atom. The monoisotopic (exact) mass is 246 g/mol. The summed E-state index contributed by atoms with van der Waals surface area (Å²) in [5, 5.41) is 0. The highest BCUT2D eigenvalue weighted by Gasteiger charge is 2.30. The van der Waals surface area contributed by atoms with E-state index in [0.717, 1.165) is 6.42 Å². The maximum Gasteiger partial charge on any atom is 0.473 e. The van der Waals surface area contributed by atoms with Gasteiger partial charge in [-0.15, -0.1) is 6.42 Å². The summed E-state index contributed by atoms with van der Waals surface area (Å²) < 4.78 is 21.0. The molecule has 0 rings (SSSR count). The van der Waals surface area contributed by atoms with Crippen molar-refractivity contribution in [2.24, 2.45) is 0 Å². The van der Waals surface area contributed by atoms with E-state index in [4.69, 9.17) is 15.5 Å². The van der Waals surface area contributed by atoms with Gasteiger partial charge in [0.15, 0.2) is 0 Å². The van der Waals surface area contributed by atoms with Gasteiger partial charge >= 0.3 is 7.82 Å². The first-order valence-electron chi connectivity index (χ1n) is 5.10. The Morgan fingerprint density at radius 1 is 1.56 bits per heavy atom. The first-order valence-corrected chi connectivity index (χ1v) is 6.59. The lowest BCUT2D eigenvalue weighted by Gasteiger charge is -2.21. The molecule has 4 nitrogen and oxygen atoms in total. The molecular formula is C11H19O4P. The molecule has 5 heteroatoms. The average molecular weight is 246 g/mol. The van der Waals surface area contributed by atoms with Crippen molar-refractivity contribution in [3.8, 4) is 12.3 Å². The lowest BCUT2D eigenvalue weighted by molar-refractivity contribution is 0.0856. The number of phosphoric acid groups is 1. The fraction of sp³-hybridized carbons (Fsp3) is 0.636. The molecule has 0 amide bonds. The van der Waals surface area contributed by atoms with Gasteiger partial charge in [-0.05, 0) is 33.6 Å². The van der Waals surface area contributed by atoms with Gasteiger partial charge in [0.2, 0.25) is 0 Å². The summed E-state index contributed by atoms with van der Waals surface area (Å²) in [6, 6.07) is 0. The van der Waals surface area contributed by atoms with Crippen molar-refractivity contribution in [3.05, 3.63) is 12.2 Å². The fourth-order valence-electron chi connectivity index (χ4n) is 0.889. The maximum atomic E-state index is 11.4. The Hall–Kier alpha value is -0.590. The number of terminal acetylenes is 1. The van der Waals surface area contributed by atoms with E-state index in [0.29, 0.717) is 6.42 Å². The van der Waals surface area contributed by atoms with E-state index >= 15 is 0 Å². The van der Waals surface area contributed by atoms with Crippen LogP contribution in [0.4, 0.5) is 0 Å². The van der Waals surface area contributed by atoms with Crippen LogP contribution in [0, 0.1) is 12.3 Å². The molecule has 0 aliphatic heterocycles. The highest BCUT2D eigenvalue weighted by molar-refractivity contribution is 7.47. The van der Waals surface area contributed by atoms with Gasteiger partial charge in [-0.25, -0.2) is 4.57 Å². The first-order chi connectivity index (χ1) is 7.33. The smallest absolute Gasteiger partial charge is 0.302 e. The Balaban J connectivity index is 3.98. The Morgan fingerprint density at radius 3 is 2.69 bits per heavy atom. The van der Waals surface area contributed by atoms with Crippen molar-refractivity contribution < 1.29 is 18.5 Å². The molecule has 0 bridgehead atoms. The summed E-state index contributed by atoms with van der Waals surface area (Å²) in [6.45, 7) is 5.13. The zero-order chi connectivity index (χ0) is 12.7. The molecule has 0 aromatic carbocycles. The lowest BCUT2D eigenvalue weighted by atomic mass is 10.2. The normalized spacial score (nSPS) is 15.9. The molecular weight excluding hydrogens is 227 g/mol. The minimum Gasteiger partial charge on any atom is -0.302 e. The molecule has 0 radical (unpaired) electrons. The molecule has 0 aromatic heterocycles. The van der Waals surface area contributed by atoms with Gasteiger partial charge in [0.05, 0.1) is 6.61 Å². The Bertz CT molecular complexity index is 314. The van der Waals surface area contributed by atoms with Crippen molar-refractivity contribution in [1.29, 1.82) is 0 Å². The SMILES string of the molecule is C#CC(C)(C)OP(=O)(O)OCCCC=CC. The number of phosphoric ester groups is 1. The molecule has 1 atom stereocenters. The molecule has 0 saturated heterocycles. The predicted octanol–water partition coefficient (Wildman–Crippen LogP) is 2.89. The minimum atomic E-state index is -4.05. The second kappa shape index (κ2) is 6.88. The second-order valence-electron chi connectivity index (χ2n) is 3.76. The van der Waals surface area contributed by atoms with Crippen LogP contribution in [0.5, 0.6) is 0 Å². The highest BCUT2D eigenvalue weighted by Crippen LogP contribution is 2.47. The average Bonchev–Trinajstić information content (AvgIpc) is 2.16. The third-order valence-electron chi connectivity index (χ3n) is 1.70. The molecule has 0 heterocycles. The van der Waals surface area contributed by atoms with Gasteiger partial charge in [0, 0.05) is 0 Å². The van der Waals surface area contributed by atoms with Crippen molar-refractivity contribution in [2.45, 2.75) is 39.2 Å². The molecule has 0 aromatic rings. The number of hydrogen-bond donors (Lipinski definition) is 1. The van der Waals surface area contributed by atoms with E-state index < -0.39 is 13.4 Å². The summed E-state index contributed by atoms with van der Waals surface area (Å²) in [4.78, 5) is 9.34. The van der Waals surface area contributed by atoms with Gasteiger partial charge in [0.1, 0.15) is 5.60 Å². The minimum absolute atomic E-state index is 0.165. The fourth-order valence-corrected chi connectivity index (χ4v) is 1.93. The van der Waals surface area contributed by atoms with Gasteiger partial charge in [0.25, 0.3) is 0 Å². The number of allylic oxidation sites excluding steroid dienone is 2. The standard InChI is InChI=1S/C11H19O4P/c1-5-7-8-9-10-14-16(12,13)15-11(3,4)6-2/h2,5,7H,8-10H2,1,3-4H3,(H,12,13). The topological polar surface area (TPSA) is 55.8 Å². The summed E-state index contributed by atoms with van der Waals surface area (Å²) in [7, 11) is -4.05. The molecule has 92 valence electrons. The maximum absolute atomic E-state index is 11.4. The molecule has 1 N–H and O–H groups in total. The van der Waals surface area contributed by atoms with Crippen LogP contribution in [0.1, 0.15) is 33.6 Å². The van der Waals surface area contributed by atoms with Crippen LogP contribution >= 0.6 is 7.82 Å². The van der Waals surface area contributed by atoms with Crippen LogP contribution in [-0.4, -0.2) is 17.1 Å². The zero-order valence-corrected chi connectivity index (χ0v) is 10.9. The zero-order valence-electron chi connectivity index (χ0n) is 9.97. The van der Waals surface area contributed by atoms with E-state index in [-0.39, 0.29) is 6.61 Å². The third-order valence-corrected chi connectivity index (χ3v) is 2.89. The van der Waals surface area contributed by atoms with E-state index in [1.807, 2.05) is 19.1 Å². The van der Waals surface area contributed by atoms with E-state index in [2.05, 4.69) is 5.92 Å². The summed E-state index contributed by atoms with van der Waals surface area (Å²) in [5.41, 5.74) is -1.10. The van der Waals surface area contributed by atoms with E-state index in [1.54, 1.807) is 0 Å².